The van der Waals surface area contributed by atoms with Crippen molar-refractivity contribution in [3.05, 3.63) is 51.5 Å². The fraction of sp³-hybridized carbons (Fsp3) is 0.333. The Kier molecular flexibility index (Phi) is 6.61. The Morgan fingerprint density at radius 3 is 2.29 bits per heavy atom. The van der Waals surface area contributed by atoms with E-state index in [1.807, 2.05) is 0 Å². The molecule has 10 heteroatoms. The van der Waals surface area contributed by atoms with E-state index in [0.717, 1.165) is 0 Å². The van der Waals surface area contributed by atoms with Crippen molar-refractivity contribution in [2.45, 2.75) is 31.6 Å². The van der Waals surface area contributed by atoms with Crippen LogP contribution >= 0.6 is 15.9 Å². The van der Waals surface area contributed by atoms with Crippen molar-refractivity contribution in [3.8, 4) is 17.0 Å². The molecule has 0 aliphatic heterocycles. The highest BCUT2D eigenvalue weighted by Gasteiger charge is 2.39. The van der Waals surface area contributed by atoms with Crippen LogP contribution in [-0.2, 0) is 18.8 Å². The van der Waals surface area contributed by atoms with Gasteiger partial charge in [-0.05, 0) is 61.7 Å². The maximum Gasteiger partial charge on any atom is 0.417 e. The second-order valence-electron chi connectivity index (χ2n) is 7.01. The minimum absolute atomic E-state index is 0.171. The summed E-state index contributed by atoms with van der Waals surface area (Å²) in [5, 5.41) is -0.269. The molecule has 0 amide bonds. The van der Waals surface area contributed by atoms with Gasteiger partial charge >= 0.3 is 12.4 Å². The van der Waals surface area contributed by atoms with E-state index in [1.54, 1.807) is 18.2 Å². The number of methoxy groups -OCH3 is 1. The highest BCUT2D eigenvalue weighted by molar-refractivity contribution is 9.10. The third kappa shape index (κ3) is 4.85. The maximum atomic E-state index is 13.8. The first kappa shape index (κ1) is 23.5. The van der Waals surface area contributed by atoms with E-state index in [9.17, 15) is 26.3 Å². The zero-order valence-electron chi connectivity index (χ0n) is 16.3. The van der Waals surface area contributed by atoms with E-state index in [1.165, 1.54) is 7.11 Å². The Balaban J connectivity index is 2.40. The van der Waals surface area contributed by atoms with Gasteiger partial charge in [-0.1, -0.05) is 15.9 Å². The van der Waals surface area contributed by atoms with Crippen LogP contribution in [0.2, 0.25) is 0 Å². The van der Waals surface area contributed by atoms with Gasteiger partial charge in [-0.15, -0.1) is 0 Å². The number of ether oxygens (including phenoxy) is 1. The number of H-pyrrole nitrogens is 1. The standard InChI is InChI=1S/C21H19BrF6N2O/c1-31-17-6-5-12(22)10-14(17)19-13(4-2-3-7-29)18-15(21(26,27)28)8-11(20(23,24)25)9-16(18)30-19/h5-6,8-10,30H,2-4,7,29H2,1H3. The van der Waals surface area contributed by atoms with Crippen LogP contribution in [0, 0.1) is 0 Å². The van der Waals surface area contributed by atoms with E-state index < -0.39 is 23.5 Å². The minimum atomic E-state index is -4.97. The number of alkyl halides is 6. The monoisotopic (exact) mass is 508 g/mol. The lowest BCUT2D eigenvalue weighted by Gasteiger charge is -2.15. The molecule has 1 heterocycles. The van der Waals surface area contributed by atoms with Gasteiger partial charge in [0.25, 0.3) is 0 Å². The average molecular weight is 509 g/mol. The molecule has 0 fully saturated rings. The molecule has 3 N–H and O–H groups in total. The number of unbranched alkanes of at least 4 members (excludes halogenated alkanes) is 1. The Hall–Kier alpha value is -2.20. The number of nitrogens with two attached hydrogens (primary N) is 1. The van der Waals surface area contributed by atoms with Crippen molar-refractivity contribution >= 4 is 26.8 Å². The van der Waals surface area contributed by atoms with Gasteiger partial charge in [-0.3, -0.25) is 0 Å². The molecule has 3 rings (SSSR count). The number of aromatic nitrogens is 1. The quantitative estimate of drug-likeness (QED) is 0.280. The lowest BCUT2D eigenvalue weighted by atomic mass is 9.95. The second-order valence-corrected chi connectivity index (χ2v) is 7.93. The van der Waals surface area contributed by atoms with Crippen molar-refractivity contribution in [2.75, 3.05) is 13.7 Å². The molecular weight excluding hydrogens is 490 g/mol. The second kappa shape index (κ2) is 8.74. The van der Waals surface area contributed by atoms with Crippen LogP contribution in [0.1, 0.15) is 29.5 Å². The van der Waals surface area contributed by atoms with Crippen molar-refractivity contribution < 1.29 is 31.1 Å². The van der Waals surface area contributed by atoms with E-state index in [0.29, 0.717) is 41.2 Å². The van der Waals surface area contributed by atoms with E-state index in [-0.39, 0.29) is 34.6 Å². The van der Waals surface area contributed by atoms with E-state index in [2.05, 4.69) is 20.9 Å². The highest BCUT2D eigenvalue weighted by Crippen LogP contribution is 2.45. The van der Waals surface area contributed by atoms with Gasteiger partial charge in [0.05, 0.1) is 23.9 Å². The number of halogens is 7. The summed E-state index contributed by atoms with van der Waals surface area (Å²) in [6, 6.07) is 5.85. The third-order valence-corrected chi connectivity index (χ3v) is 5.44. The van der Waals surface area contributed by atoms with Gasteiger partial charge in [-0.2, -0.15) is 26.3 Å². The number of benzene rings is 2. The van der Waals surface area contributed by atoms with Gasteiger partial charge in [0, 0.05) is 20.9 Å². The molecule has 2 aromatic carbocycles. The van der Waals surface area contributed by atoms with Crippen LogP contribution in [-0.4, -0.2) is 18.6 Å². The van der Waals surface area contributed by atoms with Crippen LogP contribution in [0.15, 0.2) is 34.8 Å². The van der Waals surface area contributed by atoms with E-state index >= 15 is 0 Å². The van der Waals surface area contributed by atoms with Gasteiger partial charge in [0.2, 0.25) is 0 Å². The Bertz CT molecular complexity index is 1090. The summed E-state index contributed by atoms with van der Waals surface area (Å²) in [5.74, 6) is 0.374. The molecule has 3 aromatic rings. The summed E-state index contributed by atoms with van der Waals surface area (Å²) < 4.78 is 87.5. The Morgan fingerprint density at radius 2 is 1.71 bits per heavy atom. The van der Waals surface area contributed by atoms with Crippen LogP contribution < -0.4 is 10.5 Å². The summed E-state index contributed by atoms with van der Waals surface area (Å²) in [6.07, 6.45) is -8.65. The van der Waals surface area contributed by atoms with Gasteiger partial charge in [-0.25, -0.2) is 0 Å². The number of fused-ring (bicyclic) bond motifs is 1. The van der Waals surface area contributed by atoms with Crippen LogP contribution in [0.25, 0.3) is 22.2 Å². The minimum Gasteiger partial charge on any atom is -0.496 e. The molecule has 0 saturated heterocycles. The molecule has 1 aromatic heterocycles. The smallest absolute Gasteiger partial charge is 0.417 e. The summed E-state index contributed by atoms with van der Waals surface area (Å²) in [7, 11) is 1.41. The molecule has 0 spiro atoms. The summed E-state index contributed by atoms with van der Waals surface area (Å²) in [4.78, 5) is 2.80. The molecule has 3 nitrogen and oxygen atoms in total. The van der Waals surface area contributed by atoms with E-state index in [4.69, 9.17) is 10.5 Å². The van der Waals surface area contributed by atoms with Crippen LogP contribution in [0.5, 0.6) is 5.75 Å². The number of hydrogen-bond acceptors (Lipinski definition) is 2. The number of hydrogen-bond donors (Lipinski definition) is 2. The fourth-order valence-corrected chi connectivity index (χ4v) is 3.95. The van der Waals surface area contributed by atoms with Crippen LogP contribution in [0.4, 0.5) is 26.3 Å². The van der Waals surface area contributed by atoms with Crippen molar-refractivity contribution in [1.82, 2.24) is 4.98 Å². The van der Waals surface area contributed by atoms with Gasteiger partial charge in [0.1, 0.15) is 5.75 Å². The molecule has 0 aliphatic rings. The number of aromatic amines is 1. The molecular formula is C21H19BrF6N2O. The molecule has 0 unspecified atom stereocenters. The lowest BCUT2D eigenvalue weighted by Crippen LogP contribution is -2.11. The summed E-state index contributed by atoms with van der Waals surface area (Å²) >= 11 is 3.32. The predicted molar refractivity (Wildman–Crippen MR) is 110 cm³/mol. The van der Waals surface area contributed by atoms with Crippen molar-refractivity contribution in [3.63, 3.8) is 0 Å². The third-order valence-electron chi connectivity index (χ3n) is 4.95. The summed E-state index contributed by atoms with van der Waals surface area (Å²) in [6.45, 7) is 0.349. The summed E-state index contributed by atoms with van der Waals surface area (Å²) in [5.41, 5.74) is 3.61. The molecule has 0 atom stereocenters. The first-order valence-electron chi connectivity index (χ1n) is 9.34. The maximum absolute atomic E-state index is 13.8. The predicted octanol–water partition coefficient (Wildman–Crippen LogP) is 6.93. The fourth-order valence-electron chi connectivity index (χ4n) is 3.59. The van der Waals surface area contributed by atoms with Crippen LogP contribution in [0.3, 0.4) is 0 Å². The first-order valence-corrected chi connectivity index (χ1v) is 10.1. The number of rotatable bonds is 6. The molecule has 168 valence electrons. The average Bonchev–Trinajstić information content (AvgIpc) is 3.04. The first-order chi connectivity index (χ1) is 14.5. The largest absolute Gasteiger partial charge is 0.496 e. The highest BCUT2D eigenvalue weighted by atomic mass is 79.9. The van der Waals surface area contributed by atoms with Gasteiger partial charge in [0.15, 0.2) is 0 Å². The number of aryl methyl sites for hydroxylation is 1. The molecule has 0 bridgehead atoms. The SMILES string of the molecule is COc1ccc(Br)cc1-c1[nH]c2cc(C(F)(F)F)cc(C(F)(F)F)c2c1CCCCN. The normalized spacial score (nSPS) is 12.5. The number of nitrogens with one attached hydrogen (secondary N) is 1. The Labute approximate surface area is 182 Å². The zero-order chi connectivity index (χ0) is 23.0. The zero-order valence-corrected chi connectivity index (χ0v) is 17.9. The van der Waals surface area contributed by atoms with Gasteiger partial charge < -0.3 is 15.5 Å². The molecule has 31 heavy (non-hydrogen) atoms. The topological polar surface area (TPSA) is 51.0 Å². The molecule has 0 aliphatic carbocycles. The molecule has 0 radical (unpaired) electrons. The lowest BCUT2D eigenvalue weighted by molar-refractivity contribution is -0.142. The van der Waals surface area contributed by atoms with Crippen molar-refractivity contribution in [1.29, 1.82) is 0 Å². The van der Waals surface area contributed by atoms with Crippen molar-refractivity contribution in [2.24, 2.45) is 5.73 Å². The molecule has 0 saturated carbocycles. The Morgan fingerprint density at radius 1 is 1.00 bits per heavy atom.